The fraction of sp³-hybridized carbons (Fsp3) is 0.458. The quantitative estimate of drug-likeness (QED) is 0.507. The van der Waals surface area contributed by atoms with Crippen LogP contribution in [0, 0.1) is 24.2 Å². The number of amides is 1. The molecule has 0 aliphatic carbocycles. The largest absolute Gasteiger partial charge is 0.466 e. The van der Waals surface area contributed by atoms with Crippen molar-refractivity contribution in [1.82, 2.24) is 14.2 Å². The Morgan fingerprint density at radius 3 is 2.77 bits per heavy atom. The molecule has 3 rings (SSSR count). The van der Waals surface area contributed by atoms with E-state index >= 15 is 0 Å². The number of nitrogens with one attached hydrogen (secondary N) is 1. The number of aromatic nitrogens is 1. The summed E-state index contributed by atoms with van der Waals surface area (Å²) in [5, 5.41) is 9.35. The first kappa shape index (κ1) is 26.7. The van der Waals surface area contributed by atoms with Gasteiger partial charge >= 0.3 is 5.97 Å². The van der Waals surface area contributed by atoms with Crippen LogP contribution in [0.4, 0.5) is 0 Å². The van der Waals surface area contributed by atoms with Gasteiger partial charge in [0, 0.05) is 25.8 Å². The van der Waals surface area contributed by atoms with E-state index < -0.39 is 27.9 Å². The van der Waals surface area contributed by atoms with Gasteiger partial charge in [0.25, 0.3) is 0 Å². The first-order chi connectivity index (χ1) is 16.7. The van der Waals surface area contributed by atoms with Crippen LogP contribution >= 0.6 is 11.6 Å². The van der Waals surface area contributed by atoms with Gasteiger partial charge in [0.15, 0.2) is 0 Å². The molecule has 2 heterocycles. The molecule has 188 valence electrons. The van der Waals surface area contributed by atoms with Gasteiger partial charge in [-0.05, 0) is 56.9 Å². The number of rotatable bonds is 9. The lowest BCUT2D eigenvalue weighted by Crippen LogP contribution is -2.52. The van der Waals surface area contributed by atoms with Crippen molar-refractivity contribution in [2.45, 2.75) is 50.6 Å². The number of nitriles is 1. The average Bonchev–Trinajstić information content (AvgIpc) is 3.29. The van der Waals surface area contributed by atoms with Gasteiger partial charge in [0.05, 0.1) is 17.5 Å². The maximum absolute atomic E-state index is 13.6. The maximum atomic E-state index is 13.6. The molecule has 9 nitrogen and oxygen atoms in total. The number of carbonyl (C=O) groups is 2. The van der Waals surface area contributed by atoms with Gasteiger partial charge in [-0.3, -0.25) is 9.59 Å². The summed E-state index contributed by atoms with van der Waals surface area (Å²) in [5.74, 6) is -1.25. The lowest BCUT2D eigenvalue weighted by Gasteiger charge is -2.34. The van der Waals surface area contributed by atoms with Crippen LogP contribution in [0.2, 0.25) is 5.02 Å². The van der Waals surface area contributed by atoms with Gasteiger partial charge in [-0.15, -0.1) is 0 Å². The first-order valence-corrected chi connectivity index (χ1v) is 13.3. The summed E-state index contributed by atoms with van der Waals surface area (Å²) >= 11 is 6.20. The van der Waals surface area contributed by atoms with Crippen molar-refractivity contribution >= 4 is 33.5 Å². The van der Waals surface area contributed by atoms with Crippen LogP contribution in [0.1, 0.15) is 37.4 Å². The first-order valence-electron chi connectivity index (χ1n) is 11.5. The zero-order chi connectivity index (χ0) is 25.6. The van der Waals surface area contributed by atoms with E-state index in [0.29, 0.717) is 30.6 Å². The molecule has 0 spiro atoms. The maximum Gasteiger partial charge on any atom is 0.310 e. The number of sulfonamides is 1. The molecule has 1 N–H and O–H groups in total. The highest BCUT2D eigenvalue weighted by Crippen LogP contribution is 2.26. The van der Waals surface area contributed by atoms with Gasteiger partial charge in [-0.1, -0.05) is 23.7 Å². The second-order valence-corrected chi connectivity index (χ2v) is 10.5. The second-order valence-electron chi connectivity index (χ2n) is 8.42. The number of hydrogen-bond donors (Lipinski definition) is 1. The third-order valence-corrected chi connectivity index (χ3v) is 8.09. The SMILES string of the molecule is CCOC(=O)C1CCCN(C(=O)C(CCn2cccc2C#N)NS(=O)(=O)c2c(C)cccc2Cl)C1. The second kappa shape index (κ2) is 11.7. The van der Waals surface area contributed by atoms with Gasteiger partial charge in [0.2, 0.25) is 15.9 Å². The molecule has 1 aliphatic heterocycles. The summed E-state index contributed by atoms with van der Waals surface area (Å²) in [6.07, 6.45) is 3.01. The zero-order valence-electron chi connectivity index (χ0n) is 19.7. The number of aryl methyl sites for hydroxylation is 2. The van der Waals surface area contributed by atoms with Crippen LogP contribution in [-0.2, 0) is 30.9 Å². The van der Waals surface area contributed by atoms with E-state index in [1.54, 1.807) is 48.9 Å². The number of piperidine rings is 1. The van der Waals surface area contributed by atoms with Crippen molar-refractivity contribution in [3.8, 4) is 6.07 Å². The van der Waals surface area contributed by atoms with E-state index in [-0.39, 0.29) is 42.0 Å². The van der Waals surface area contributed by atoms with E-state index in [2.05, 4.69) is 10.8 Å². The van der Waals surface area contributed by atoms with E-state index in [1.807, 2.05) is 0 Å². The Morgan fingerprint density at radius 1 is 1.31 bits per heavy atom. The number of nitrogens with zero attached hydrogens (tertiary/aromatic N) is 3. The van der Waals surface area contributed by atoms with E-state index in [0.717, 1.165) is 0 Å². The van der Waals surface area contributed by atoms with E-state index in [4.69, 9.17) is 16.3 Å². The van der Waals surface area contributed by atoms with Crippen molar-refractivity contribution in [2.24, 2.45) is 5.92 Å². The predicted molar refractivity (Wildman–Crippen MR) is 130 cm³/mol. The van der Waals surface area contributed by atoms with Gasteiger partial charge in [0.1, 0.15) is 22.7 Å². The number of ether oxygens (including phenoxy) is 1. The Labute approximate surface area is 210 Å². The minimum absolute atomic E-state index is 0.0567. The van der Waals surface area contributed by atoms with Crippen LogP contribution in [0.3, 0.4) is 0 Å². The summed E-state index contributed by atoms with van der Waals surface area (Å²) < 4.78 is 35.9. The molecular formula is C24H29ClN4O5S. The third-order valence-electron chi connectivity index (χ3n) is 5.98. The molecule has 2 unspecified atom stereocenters. The fourth-order valence-electron chi connectivity index (χ4n) is 4.26. The lowest BCUT2D eigenvalue weighted by atomic mass is 9.97. The Kier molecular flexibility index (Phi) is 8.94. The Morgan fingerprint density at radius 2 is 2.09 bits per heavy atom. The van der Waals surface area contributed by atoms with Crippen LogP contribution in [-0.4, -0.2) is 55.5 Å². The van der Waals surface area contributed by atoms with E-state index in [9.17, 15) is 23.3 Å². The fourth-order valence-corrected chi connectivity index (χ4v) is 6.32. The molecule has 0 radical (unpaired) electrons. The molecule has 1 aliphatic rings. The summed E-state index contributed by atoms with van der Waals surface area (Å²) in [7, 11) is -4.15. The molecule has 35 heavy (non-hydrogen) atoms. The summed E-state index contributed by atoms with van der Waals surface area (Å²) in [6, 6.07) is 9.06. The molecule has 0 bridgehead atoms. The van der Waals surface area contributed by atoms with Gasteiger partial charge in [-0.25, -0.2) is 8.42 Å². The smallest absolute Gasteiger partial charge is 0.310 e. The Hall–Kier alpha value is -2.87. The van der Waals surface area contributed by atoms with Crippen LogP contribution in [0.15, 0.2) is 41.4 Å². The Balaban J connectivity index is 1.86. The highest BCUT2D eigenvalue weighted by atomic mass is 35.5. The van der Waals surface area contributed by atoms with Crippen molar-refractivity contribution < 1.29 is 22.7 Å². The van der Waals surface area contributed by atoms with Crippen LogP contribution in [0.25, 0.3) is 0 Å². The zero-order valence-corrected chi connectivity index (χ0v) is 21.3. The van der Waals surface area contributed by atoms with Crippen molar-refractivity contribution in [1.29, 1.82) is 5.26 Å². The highest BCUT2D eigenvalue weighted by Gasteiger charge is 2.35. The minimum Gasteiger partial charge on any atom is -0.466 e. The number of halogens is 1. The number of esters is 1. The van der Waals surface area contributed by atoms with Crippen LogP contribution < -0.4 is 4.72 Å². The molecule has 1 saturated heterocycles. The van der Waals surface area contributed by atoms with E-state index in [1.165, 1.54) is 11.0 Å². The molecule has 2 atom stereocenters. The highest BCUT2D eigenvalue weighted by molar-refractivity contribution is 7.89. The van der Waals surface area contributed by atoms with Crippen LogP contribution in [0.5, 0.6) is 0 Å². The average molecular weight is 521 g/mol. The third kappa shape index (κ3) is 6.42. The standard InChI is InChI=1S/C24H29ClN4O5S/c1-3-34-24(31)18-8-5-13-29(16-18)23(30)21(11-14-28-12-6-9-19(28)15-26)27-35(32,33)22-17(2)7-4-10-20(22)25/h4,6-7,9-10,12,18,21,27H,3,5,8,11,13-14,16H2,1-2H3. The molecule has 1 aromatic carbocycles. The minimum atomic E-state index is -4.15. The lowest BCUT2D eigenvalue weighted by molar-refractivity contribution is -0.151. The van der Waals surface area contributed by atoms with Gasteiger partial charge < -0.3 is 14.2 Å². The Bertz CT molecular complexity index is 1200. The molecule has 1 aromatic heterocycles. The number of hydrogen-bond acceptors (Lipinski definition) is 6. The summed E-state index contributed by atoms with van der Waals surface area (Å²) in [5.41, 5.74) is 0.857. The molecular weight excluding hydrogens is 492 g/mol. The molecule has 11 heteroatoms. The van der Waals surface area contributed by atoms with Gasteiger partial charge in [-0.2, -0.15) is 9.98 Å². The molecule has 2 aromatic rings. The summed E-state index contributed by atoms with van der Waals surface area (Å²) in [4.78, 5) is 27.2. The van der Waals surface area contributed by atoms with Crippen molar-refractivity contribution in [3.05, 3.63) is 52.8 Å². The predicted octanol–water partition coefficient (Wildman–Crippen LogP) is 2.86. The molecule has 1 fully saturated rings. The summed E-state index contributed by atoms with van der Waals surface area (Å²) in [6.45, 7) is 4.41. The number of benzene rings is 1. The van der Waals surface area contributed by atoms with Crippen molar-refractivity contribution in [3.63, 3.8) is 0 Å². The number of carbonyl (C=O) groups excluding carboxylic acids is 2. The molecule has 1 amide bonds. The topological polar surface area (TPSA) is 122 Å². The van der Waals surface area contributed by atoms with Crippen molar-refractivity contribution in [2.75, 3.05) is 19.7 Å². The number of likely N-dealkylation sites (tertiary alicyclic amines) is 1. The monoisotopic (exact) mass is 520 g/mol. The molecule has 0 saturated carbocycles. The normalized spacial score (nSPS) is 17.0.